The van der Waals surface area contributed by atoms with Crippen LogP contribution < -0.4 is 10.6 Å². The summed E-state index contributed by atoms with van der Waals surface area (Å²) in [6.07, 6.45) is 0. The van der Waals surface area contributed by atoms with E-state index in [1.807, 2.05) is 31.2 Å². The Morgan fingerprint density at radius 1 is 0.806 bits per heavy atom. The largest absolute Gasteiger partial charge is 0.345 e. The molecule has 2 N–H and O–H groups in total. The lowest BCUT2D eigenvalue weighted by Crippen LogP contribution is -2.27. The molecule has 0 bridgehead atoms. The van der Waals surface area contributed by atoms with Crippen LogP contribution in [-0.2, 0) is 0 Å². The molecular weight excluding hydrogens is 408 g/mol. The molecule has 1 atom stereocenters. The van der Waals surface area contributed by atoms with Crippen LogP contribution in [0.1, 0.15) is 39.2 Å². The van der Waals surface area contributed by atoms with Gasteiger partial charge in [-0.25, -0.2) is 0 Å². The molecule has 154 valence electrons. The second kappa shape index (κ2) is 9.02. The van der Waals surface area contributed by atoms with Gasteiger partial charge in [-0.05, 0) is 53.6 Å². The summed E-state index contributed by atoms with van der Waals surface area (Å²) >= 11 is 6.10. The summed E-state index contributed by atoms with van der Waals surface area (Å²) < 4.78 is 0. The minimum absolute atomic E-state index is 0.181. The number of benzene rings is 4. The zero-order chi connectivity index (χ0) is 21.8. The maximum Gasteiger partial charge on any atom is 0.257 e. The zero-order valence-corrected chi connectivity index (χ0v) is 17.7. The fourth-order valence-electron chi connectivity index (χ4n) is 3.57. The molecule has 4 aromatic rings. The van der Waals surface area contributed by atoms with Gasteiger partial charge in [-0.3, -0.25) is 9.59 Å². The Morgan fingerprint density at radius 3 is 2.35 bits per heavy atom. The molecule has 0 spiro atoms. The number of carbonyl (C=O) groups is 2. The van der Waals surface area contributed by atoms with Crippen molar-refractivity contribution in [3.63, 3.8) is 0 Å². The summed E-state index contributed by atoms with van der Waals surface area (Å²) in [6, 6.07) is 27.7. The standard InChI is InChI=1S/C26H21ClN2O2/c1-17(21-14-7-9-18-8-2-3-12-22(18)21)28-25(30)19-10-6-11-20(16-19)29-26(31)23-13-4-5-15-24(23)27/h2-17H,1H3,(H,28,30)(H,29,31)/t17-/m0/s1. The Kier molecular flexibility index (Phi) is 6.01. The first-order valence-electron chi connectivity index (χ1n) is 9.97. The first kappa shape index (κ1) is 20.6. The van der Waals surface area contributed by atoms with Crippen LogP contribution in [0.25, 0.3) is 10.8 Å². The van der Waals surface area contributed by atoms with Gasteiger partial charge in [0.25, 0.3) is 11.8 Å². The molecule has 0 unspecified atom stereocenters. The average molecular weight is 429 g/mol. The van der Waals surface area contributed by atoms with Crippen LogP contribution in [0.4, 0.5) is 5.69 Å². The van der Waals surface area contributed by atoms with Crippen molar-refractivity contribution >= 4 is 39.9 Å². The molecular formula is C26H21ClN2O2. The smallest absolute Gasteiger partial charge is 0.257 e. The van der Waals surface area contributed by atoms with Crippen LogP contribution in [0.3, 0.4) is 0 Å². The molecule has 4 aromatic carbocycles. The van der Waals surface area contributed by atoms with Crippen LogP contribution in [0.5, 0.6) is 0 Å². The van der Waals surface area contributed by atoms with E-state index in [0.29, 0.717) is 21.8 Å². The van der Waals surface area contributed by atoms with Gasteiger partial charge in [0.15, 0.2) is 0 Å². The lowest BCUT2D eigenvalue weighted by molar-refractivity contribution is 0.0939. The van der Waals surface area contributed by atoms with Gasteiger partial charge in [0, 0.05) is 11.3 Å². The van der Waals surface area contributed by atoms with E-state index in [4.69, 9.17) is 11.6 Å². The lowest BCUT2D eigenvalue weighted by atomic mass is 9.99. The minimum Gasteiger partial charge on any atom is -0.345 e. The lowest BCUT2D eigenvalue weighted by Gasteiger charge is -2.17. The Balaban J connectivity index is 1.50. The van der Waals surface area contributed by atoms with E-state index in [1.165, 1.54) is 0 Å². The second-order valence-corrected chi connectivity index (χ2v) is 7.69. The molecule has 0 fully saturated rings. The molecule has 5 heteroatoms. The number of halogens is 1. The van der Waals surface area contributed by atoms with Gasteiger partial charge in [0.05, 0.1) is 16.6 Å². The third-order valence-electron chi connectivity index (χ3n) is 5.14. The Morgan fingerprint density at radius 2 is 1.52 bits per heavy atom. The molecule has 0 radical (unpaired) electrons. The predicted molar refractivity (Wildman–Crippen MR) is 126 cm³/mol. The third kappa shape index (κ3) is 4.60. The van der Waals surface area contributed by atoms with Gasteiger partial charge in [-0.15, -0.1) is 0 Å². The maximum atomic E-state index is 12.9. The molecule has 0 aliphatic carbocycles. The number of nitrogens with one attached hydrogen (secondary N) is 2. The highest BCUT2D eigenvalue weighted by Crippen LogP contribution is 2.24. The second-order valence-electron chi connectivity index (χ2n) is 7.28. The summed E-state index contributed by atoms with van der Waals surface area (Å²) in [5.74, 6) is -0.540. The van der Waals surface area contributed by atoms with Crippen molar-refractivity contribution < 1.29 is 9.59 Å². The first-order chi connectivity index (χ1) is 15.0. The number of fused-ring (bicyclic) bond motifs is 1. The topological polar surface area (TPSA) is 58.2 Å². The van der Waals surface area contributed by atoms with Crippen molar-refractivity contribution in [3.8, 4) is 0 Å². The number of amides is 2. The molecule has 31 heavy (non-hydrogen) atoms. The molecule has 0 saturated heterocycles. The average Bonchev–Trinajstić information content (AvgIpc) is 2.79. The minimum atomic E-state index is -0.327. The van der Waals surface area contributed by atoms with Gasteiger partial charge in [0.2, 0.25) is 0 Å². The van der Waals surface area contributed by atoms with E-state index >= 15 is 0 Å². The van der Waals surface area contributed by atoms with Crippen LogP contribution in [0.15, 0.2) is 91.0 Å². The number of hydrogen-bond acceptors (Lipinski definition) is 2. The van der Waals surface area contributed by atoms with E-state index in [-0.39, 0.29) is 17.9 Å². The highest BCUT2D eigenvalue weighted by Gasteiger charge is 2.15. The van der Waals surface area contributed by atoms with E-state index in [1.54, 1.807) is 48.5 Å². The molecule has 2 amide bonds. The number of anilines is 1. The molecule has 0 saturated carbocycles. The van der Waals surface area contributed by atoms with Crippen LogP contribution in [-0.4, -0.2) is 11.8 Å². The maximum absolute atomic E-state index is 12.9. The summed E-state index contributed by atoms with van der Waals surface area (Å²) in [6.45, 7) is 1.96. The SMILES string of the molecule is C[C@H](NC(=O)c1cccc(NC(=O)c2ccccc2Cl)c1)c1cccc2ccccc12. The summed E-state index contributed by atoms with van der Waals surface area (Å²) in [7, 11) is 0. The van der Waals surface area contributed by atoms with Crippen molar-refractivity contribution in [2.24, 2.45) is 0 Å². The summed E-state index contributed by atoms with van der Waals surface area (Å²) in [4.78, 5) is 25.4. The van der Waals surface area contributed by atoms with Gasteiger partial charge in [-0.1, -0.05) is 72.3 Å². The van der Waals surface area contributed by atoms with Gasteiger partial charge in [0.1, 0.15) is 0 Å². The first-order valence-corrected chi connectivity index (χ1v) is 10.3. The molecule has 0 aromatic heterocycles. The van der Waals surface area contributed by atoms with E-state index < -0.39 is 0 Å². The van der Waals surface area contributed by atoms with E-state index in [9.17, 15) is 9.59 Å². The number of hydrogen-bond donors (Lipinski definition) is 2. The summed E-state index contributed by atoms with van der Waals surface area (Å²) in [5, 5.41) is 8.47. The molecule has 0 aliphatic rings. The Hall–Kier alpha value is -3.63. The van der Waals surface area contributed by atoms with Crippen molar-refractivity contribution in [2.75, 3.05) is 5.32 Å². The highest BCUT2D eigenvalue weighted by atomic mass is 35.5. The third-order valence-corrected chi connectivity index (χ3v) is 5.47. The van der Waals surface area contributed by atoms with Crippen molar-refractivity contribution in [3.05, 3.63) is 113 Å². The fourth-order valence-corrected chi connectivity index (χ4v) is 3.79. The Bertz CT molecular complexity index is 1260. The van der Waals surface area contributed by atoms with Crippen LogP contribution >= 0.6 is 11.6 Å². The van der Waals surface area contributed by atoms with Crippen LogP contribution in [0, 0.1) is 0 Å². The quantitative estimate of drug-likeness (QED) is 0.395. The summed E-state index contributed by atoms with van der Waals surface area (Å²) in [5.41, 5.74) is 2.41. The normalized spacial score (nSPS) is 11.7. The van der Waals surface area contributed by atoms with Crippen molar-refractivity contribution in [1.29, 1.82) is 0 Å². The van der Waals surface area contributed by atoms with Crippen molar-refractivity contribution in [1.82, 2.24) is 5.32 Å². The Labute approximate surface area is 185 Å². The molecule has 0 heterocycles. The van der Waals surface area contributed by atoms with E-state index in [2.05, 4.69) is 28.8 Å². The molecule has 4 nitrogen and oxygen atoms in total. The van der Waals surface area contributed by atoms with Gasteiger partial charge < -0.3 is 10.6 Å². The number of carbonyl (C=O) groups excluding carboxylic acids is 2. The van der Waals surface area contributed by atoms with Gasteiger partial charge in [-0.2, -0.15) is 0 Å². The zero-order valence-electron chi connectivity index (χ0n) is 16.9. The molecule has 0 aliphatic heterocycles. The molecule has 4 rings (SSSR count). The van der Waals surface area contributed by atoms with E-state index in [0.717, 1.165) is 16.3 Å². The predicted octanol–water partition coefficient (Wildman–Crippen LogP) is 6.24. The van der Waals surface area contributed by atoms with Gasteiger partial charge >= 0.3 is 0 Å². The monoisotopic (exact) mass is 428 g/mol. The fraction of sp³-hybridized carbons (Fsp3) is 0.0769. The van der Waals surface area contributed by atoms with Crippen LogP contribution in [0.2, 0.25) is 5.02 Å². The highest BCUT2D eigenvalue weighted by molar-refractivity contribution is 6.34. The van der Waals surface area contributed by atoms with Crippen molar-refractivity contribution in [2.45, 2.75) is 13.0 Å². The number of rotatable bonds is 5.